The Hall–Kier alpha value is -4.10. The molecule has 2 aromatic carbocycles. The number of carbonyl (C=O) groups is 1. The van der Waals surface area contributed by atoms with E-state index in [0.717, 1.165) is 22.6 Å². The molecule has 5 rings (SSSR count). The summed E-state index contributed by atoms with van der Waals surface area (Å²) in [5.74, 6) is -0.205. The van der Waals surface area contributed by atoms with Gasteiger partial charge in [0.1, 0.15) is 0 Å². The maximum absolute atomic E-state index is 13.1. The van der Waals surface area contributed by atoms with Crippen molar-refractivity contribution in [1.82, 2.24) is 18.7 Å². The van der Waals surface area contributed by atoms with E-state index in [0.29, 0.717) is 28.5 Å². The molecule has 0 aliphatic rings. The third-order valence-corrected chi connectivity index (χ3v) is 5.98. The van der Waals surface area contributed by atoms with Crippen LogP contribution in [0.4, 0.5) is 5.69 Å². The van der Waals surface area contributed by atoms with Crippen LogP contribution in [0.15, 0.2) is 83.8 Å². The summed E-state index contributed by atoms with van der Waals surface area (Å²) in [5.41, 5.74) is 5.13. The van der Waals surface area contributed by atoms with Gasteiger partial charge in [-0.3, -0.25) is 9.20 Å². The van der Waals surface area contributed by atoms with Crippen LogP contribution in [-0.2, 0) is 6.54 Å². The number of nitrogens with zero attached hydrogens (tertiary/aromatic N) is 4. The number of hydrogen-bond donors (Lipinski definition) is 1. The van der Waals surface area contributed by atoms with E-state index in [2.05, 4.69) is 10.4 Å². The van der Waals surface area contributed by atoms with Crippen molar-refractivity contribution in [3.8, 4) is 5.69 Å². The molecule has 0 radical (unpaired) electrons. The molecule has 34 heavy (non-hydrogen) atoms. The van der Waals surface area contributed by atoms with Crippen LogP contribution in [0.3, 0.4) is 0 Å². The summed E-state index contributed by atoms with van der Waals surface area (Å²) in [6, 6.07) is 22.2. The summed E-state index contributed by atoms with van der Waals surface area (Å²) >= 11 is 6.16. The second-order valence-corrected chi connectivity index (χ2v) is 8.56. The minimum Gasteiger partial charge on any atom is -0.322 e. The molecule has 0 unspecified atom stereocenters. The van der Waals surface area contributed by atoms with Crippen molar-refractivity contribution < 1.29 is 4.79 Å². The number of aryl methyl sites for hydroxylation is 1. The summed E-state index contributed by atoms with van der Waals surface area (Å²) in [7, 11) is 0. The molecule has 0 aliphatic carbocycles. The van der Waals surface area contributed by atoms with Crippen molar-refractivity contribution in [3.63, 3.8) is 0 Å². The molecule has 0 aliphatic heterocycles. The number of carbonyl (C=O) groups excluding carboxylic acids is 1. The summed E-state index contributed by atoms with van der Waals surface area (Å²) in [6.45, 7) is 4.17. The maximum Gasteiger partial charge on any atom is 0.350 e. The normalized spacial score (nSPS) is 11.1. The van der Waals surface area contributed by atoms with E-state index < -0.39 is 0 Å². The third-order valence-electron chi connectivity index (χ3n) is 5.75. The van der Waals surface area contributed by atoms with Gasteiger partial charge in [-0.1, -0.05) is 35.9 Å². The van der Waals surface area contributed by atoms with Crippen molar-refractivity contribution in [2.45, 2.75) is 20.4 Å². The van der Waals surface area contributed by atoms with Crippen molar-refractivity contribution in [2.24, 2.45) is 0 Å². The fraction of sp³-hybridized carbons (Fsp3) is 0.115. The van der Waals surface area contributed by atoms with E-state index >= 15 is 0 Å². The Balaban J connectivity index is 1.39. The average Bonchev–Trinajstić information content (AvgIpc) is 3.29. The van der Waals surface area contributed by atoms with Gasteiger partial charge < -0.3 is 9.88 Å². The molecule has 0 fully saturated rings. The van der Waals surface area contributed by atoms with Gasteiger partial charge >= 0.3 is 5.69 Å². The monoisotopic (exact) mass is 471 g/mol. The first-order valence-corrected chi connectivity index (χ1v) is 11.2. The van der Waals surface area contributed by atoms with Gasteiger partial charge in [-0.15, -0.1) is 5.10 Å². The number of pyridine rings is 1. The van der Waals surface area contributed by atoms with Crippen molar-refractivity contribution in [2.75, 3.05) is 5.32 Å². The van der Waals surface area contributed by atoms with E-state index in [4.69, 9.17) is 11.6 Å². The fourth-order valence-corrected chi connectivity index (χ4v) is 4.38. The van der Waals surface area contributed by atoms with Gasteiger partial charge in [0, 0.05) is 34.0 Å². The quantitative estimate of drug-likeness (QED) is 0.398. The molecule has 7 nitrogen and oxygen atoms in total. The summed E-state index contributed by atoms with van der Waals surface area (Å²) in [5, 5.41) is 7.99. The minimum absolute atomic E-state index is 0.205. The lowest BCUT2D eigenvalue weighted by atomic mass is 10.2. The second-order valence-electron chi connectivity index (χ2n) is 8.12. The SMILES string of the molecule is Cc1cc(C(=O)Nc2cccc(Cn3nc4ccccn4c3=O)c2)c(C)n1-c1cccc(Cl)c1. The van der Waals surface area contributed by atoms with E-state index in [1.54, 1.807) is 18.3 Å². The highest BCUT2D eigenvalue weighted by atomic mass is 35.5. The van der Waals surface area contributed by atoms with Crippen molar-refractivity contribution >= 4 is 28.8 Å². The zero-order valence-electron chi connectivity index (χ0n) is 18.7. The number of anilines is 1. The Morgan fingerprint density at radius 1 is 1.00 bits per heavy atom. The molecule has 0 atom stereocenters. The zero-order valence-corrected chi connectivity index (χ0v) is 19.5. The molecule has 0 saturated carbocycles. The van der Waals surface area contributed by atoms with E-state index in [1.807, 2.05) is 79.1 Å². The molecule has 170 valence electrons. The van der Waals surface area contributed by atoms with Crippen LogP contribution in [0.25, 0.3) is 11.3 Å². The molecule has 5 aromatic rings. The molecule has 1 amide bonds. The number of benzene rings is 2. The highest BCUT2D eigenvalue weighted by Gasteiger charge is 2.17. The van der Waals surface area contributed by atoms with E-state index in [-0.39, 0.29) is 11.6 Å². The lowest BCUT2D eigenvalue weighted by molar-refractivity contribution is 0.102. The number of fused-ring (bicyclic) bond motifs is 1. The van der Waals surface area contributed by atoms with E-state index in [1.165, 1.54) is 9.08 Å². The zero-order chi connectivity index (χ0) is 23.8. The Labute approximate surface area is 200 Å². The van der Waals surface area contributed by atoms with Gasteiger partial charge in [0.15, 0.2) is 5.65 Å². The number of amides is 1. The highest BCUT2D eigenvalue weighted by molar-refractivity contribution is 6.30. The Bertz CT molecular complexity index is 1590. The minimum atomic E-state index is -0.210. The molecule has 1 N–H and O–H groups in total. The largest absolute Gasteiger partial charge is 0.350 e. The van der Waals surface area contributed by atoms with Crippen LogP contribution in [-0.4, -0.2) is 24.7 Å². The van der Waals surface area contributed by atoms with Crippen LogP contribution < -0.4 is 11.0 Å². The van der Waals surface area contributed by atoms with Gasteiger partial charge in [0.2, 0.25) is 0 Å². The molecular weight excluding hydrogens is 450 g/mol. The Morgan fingerprint density at radius 3 is 2.62 bits per heavy atom. The molecule has 3 heterocycles. The predicted octanol–water partition coefficient (Wildman–Crippen LogP) is 4.86. The first kappa shape index (κ1) is 21.7. The van der Waals surface area contributed by atoms with Gasteiger partial charge in [0.05, 0.1) is 12.1 Å². The lowest BCUT2D eigenvalue weighted by Crippen LogP contribution is -2.21. The molecular formula is C26H22ClN5O2. The fourth-order valence-electron chi connectivity index (χ4n) is 4.20. The summed E-state index contributed by atoms with van der Waals surface area (Å²) in [4.78, 5) is 25.7. The first-order chi connectivity index (χ1) is 16.4. The summed E-state index contributed by atoms with van der Waals surface area (Å²) in [6.07, 6.45) is 1.69. The number of hydrogen-bond acceptors (Lipinski definition) is 3. The molecule has 3 aromatic heterocycles. The van der Waals surface area contributed by atoms with Crippen LogP contribution in [0.2, 0.25) is 5.02 Å². The molecule has 8 heteroatoms. The highest BCUT2D eigenvalue weighted by Crippen LogP contribution is 2.24. The number of halogens is 1. The Kier molecular flexibility index (Phi) is 5.55. The number of aromatic nitrogens is 4. The topological polar surface area (TPSA) is 73.3 Å². The molecule has 0 bridgehead atoms. The van der Waals surface area contributed by atoms with Crippen LogP contribution in [0, 0.1) is 13.8 Å². The van der Waals surface area contributed by atoms with Crippen molar-refractivity contribution in [1.29, 1.82) is 0 Å². The second kappa shape index (κ2) is 8.68. The molecule has 0 saturated heterocycles. The standard InChI is InChI=1S/C26H22ClN5O2/c1-17-13-23(18(2)32(17)22-10-6-8-20(27)15-22)25(33)28-21-9-5-7-19(14-21)16-31-26(34)30-12-4-3-11-24(30)29-31/h3-15H,16H2,1-2H3,(H,28,33). The van der Waals surface area contributed by atoms with Crippen LogP contribution >= 0.6 is 11.6 Å². The average molecular weight is 472 g/mol. The number of rotatable bonds is 5. The molecule has 0 spiro atoms. The van der Waals surface area contributed by atoms with Gasteiger partial charge in [-0.2, -0.15) is 0 Å². The third kappa shape index (κ3) is 4.02. The summed E-state index contributed by atoms with van der Waals surface area (Å²) < 4.78 is 4.92. The first-order valence-electron chi connectivity index (χ1n) is 10.8. The lowest BCUT2D eigenvalue weighted by Gasteiger charge is -2.11. The van der Waals surface area contributed by atoms with Gasteiger partial charge in [-0.05, 0) is 67.9 Å². The Morgan fingerprint density at radius 2 is 1.82 bits per heavy atom. The predicted molar refractivity (Wildman–Crippen MR) is 133 cm³/mol. The van der Waals surface area contributed by atoms with Gasteiger partial charge in [0.25, 0.3) is 5.91 Å². The van der Waals surface area contributed by atoms with Crippen molar-refractivity contribution in [3.05, 3.63) is 117 Å². The van der Waals surface area contributed by atoms with Gasteiger partial charge in [-0.25, -0.2) is 9.48 Å². The van der Waals surface area contributed by atoms with Crippen LogP contribution in [0.5, 0.6) is 0 Å². The number of nitrogens with one attached hydrogen (secondary N) is 1. The van der Waals surface area contributed by atoms with Crippen LogP contribution in [0.1, 0.15) is 27.3 Å². The smallest absolute Gasteiger partial charge is 0.322 e. The van der Waals surface area contributed by atoms with E-state index in [9.17, 15) is 9.59 Å². The maximum atomic E-state index is 13.1.